The van der Waals surface area contributed by atoms with Crippen LogP contribution in [-0.2, 0) is 0 Å². The van der Waals surface area contributed by atoms with Gasteiger partial charge in [0.05, 0.1) is 19.4 Å². The summed E-state index contributed by atoms with van der Waals surface area (Å²) in [5, 5.41) is 2.34. The molecule has 0 aromatic carbocycles. The monoisotopic (exact) mass is 282 g/mol. The number of nitrogens with two attached hydrogens (primary N) is 1. The highest BCUT2D eigenvalue weighted by Gasteiger charge is 2.26. The van der Waals surface area contributed by atoms with Crippen molar-refractivity contribution in [2.45, 2.75) is 5.92 Å². The van der Waals surface area contributed by atoms with Crippen molar-refractivity contribution in [3.05, 3.63) is 21.2 Å². The lowest BCUT2D eigenvalue weighted by molar-refractivity contribution is 0.0253. The largest absolute Gasteiger partial charge is 0.363 e. The molecular formula is C7H9BrF2N4O. The Morgan fingerprint density at radius 1 is 1.67 bits per heavy atom. The number of aromatic amines is 1. The van der Waals surface area contributed by atoms with E-state index in [1.54, 1.807) is 0 Å². The van der Waals surface area contributed by atoms with E-state index in [9.17, 15) is 13.6 Å². The van der Waals surface area contributed by atoms with E-state index in [2.05, 4.69) is 31.2 Å². The van der Waals surface area contributed by atoms with E-state index < -0.39 is 24.6 Å². The van der Waals surface area contributed by atoms with Gasteiger partial charge in [-0.3, -0.25) is 4.79 Å². The van der Waals surface area contributed by atoms with Crippen LogP contribution in [0.25, 0.3) is 0 Å². The molecule has 0 aliphatic rings. The van der Waals surface area contributed by atoms with Crippen molar-refractivity contribution in [3.8, 4) is 0 Å². The molecule has 4 N–H and O–H groups in total. The number of halogens is 3. The first-order chi connectivity index (χ1) is 6.96. The summed E-state index contributed by atoms with van der Waals surface area (Å²) in [6.45, 7) is -1.43. The second-order valence-corrected chi connectivity index (χ2v) is 3.60. The van der Waals surface area contributed by atoms with Gasteiger partial charge >= 0.3 is 0 Å². The minimum atomic E-state index is -3.02. The summed E-state index contributed by atoms with van der Waals surface area (Å²) in [5.41, 5.74) is 4.41. The molecule has 0 amide bonds. The lowest BCUT2D eigenvalue weighted by Crippen LogP contribution is -2.35. The lowest BCUT2D eigenvalue weighted by atomic mass is 10.3. The molecule has 0 spiro atoms. The molecule has 84 valence electrons. The van der Waals surface area contributed by atoms with Gasteiger partial charge in [-0.25, -0.2) is 13.8 Å². The van der Waals surface area contributed by atoms with Crippen LogP contribution in [0.5, 0.6) is 0 Å². The molecule has 1 aromatic heterocycles. The number of alkyl halides is 2. The van der Waals surface area contributed by atoms with Crippen molar-refractivity contribution in [3.63, 3.8) is 0 Å². The van der Waals surface area contributed by atoms with Gasteiger partial charge in [0.2, 0.25) is 0 Å². The SMILES string of the molecule is NCC(F)(F)CNc1nc[nH]c(=O)c1Br. The quantitative estimate of drug-likeness (QED) is 0.753. The fourth-order valence-corrected chi connectivity index (χ4v) is 1.15. The third kappa shape index (κ3) is 3.24. The topological polar surface area (TPSA) is 83.8 Å². The molecule has 1 rings (SSSR count). The van der Waals surface area contributed by atoms with Gasteiger partial charge < -0.3 is 16.0 Å². The number of aromatic nitrogens is 2. The molecule has 0 radical (unpaired) electrons. The fourth-order valence-electron chi connectivity index (χ4n) is 0.791. The molecule has 5 nitrogen and oxygen atoms in total. The van der Waals surface area contributed by atoms with Crippen LogP contribution in [0.1, 0.15) is 0 Å². The molecule has 0 aliphatic heterocycles. The number of anilines is 1. The Bertz CT molecular complexity index is 395. The van der Waals surface area contributed by atoms with Gasteiger partial charge in [-0.05, 0) is 15.9 Å². The Morgan fingerprint density at radius 3 is 2.93 bits per heavy atom. The van der Waals surface area contributed by atoms with Crippen LogP contribution >= 0.6 is 15.9 Å². The highest BCUT2D eigenvalue weighted by Crippen LogP contribution is 2.16. The van der Waals surface area contributed by atoms with Crippen molar-refractivity contribution in [2.24, 2.45) is 5.73 Å². The number of nitrogens with one attached hydrogen (secondary N) is 2. The molecule has 0 aliphatic carbocycles. The van der Waals surface area contributed by atoms with Gasteiger partial charge in [-0.2, -0.15) is 0 Å². The zero-order chi connectivity index (χ0) is 11.5. The summed E-state index contributed by atoms with van der Waals surface area (Å²) < 4.78 is 25.6. The van der Waals surface area contributed by atoms with Crippen molar-refractivity contribution in [1.29, 1.82) is 0 Å². The van der Waals surface area contributed by atoms with Crippen molar-refractivity contribution in [2.75, 3.05) is 18.4 Å². The first-order valence-electron chi connectivity index (χ1n) is 4.01. The molecular weight excluding hydrogens is 274 g/mol. The van der Waals surface area contributed by atoms with Crippen molar-refractivity contribution >= 4 is 21.7 Å². The molecule has 15 heavy (non-hydrogen) atoms. The number of rotatable bonds is 4. The Hall–Kier alpha value is -1.02. The average molecular weight is 283 g/mol. The Morgan fingerprint density at radius 2 is 2.33 bits per heavy atom. The normalized spacial score (nSPS) is 11.5. The molecule has 0 bridgehead atoms. The first kappa shape index (κ1) is 12.1. The van der Waals surface area contributed by atoms with Crippen LogP contribution in [0.15, 0.2) is 15.6 Å². The molecule has 0 saturated carbocycles. The summed E-state index contributed by atoms with van der Waals surface area (Å²) in [4.78, 5) is 17.0. The van der Waals surface area contributed by atoms with Crippen LogP contribution in [0.2, 0.25) is 0 Å². The van der Waals surface area contributed by atoms with Crippen LogP contribution in [0, 0.1) is 0 Å². The average Bonchev–Trinajstić information content (AvgIpc) is 2.20. The van der Waals surface area contributed by atoms with Crippen LogP contribution < -0.4 is 16.6 Å². The van der Waals surface area contributed by atoms with Gasteiger partial charge in [-0.1, -0.05) is 0 Å². The minimum Gasteiger partial charge on any atom is -0.363 e. The summed E-state index contributed by atoms with van der Waals surface area (Å²) in [7, 11) is 0. The summed E-state index contributed by atoms with van der Waals surface area (Å²) in [6, 6.07) is 0. The fraction of sp³-hybridized carbons (Fsp3) is 0.429. The molecule has 0 atom stereocenters. The van der Waals surface area contributed by atoms with Gasteiger partial charge in [-0.15, -0.1) is 0 Å². The predicted octanol–water partition coefficient (Wildman–Crippen LogP) is 0.538. The summed E-state index contributed by atoms with van der Waals surface area (Å²) in [6.07, 6.45) is 1.12. The van der Waals surface area contributed by atoms with Crippen LogP contribution in [0.3, 0.4) is 0 Å². The Kier molecular flexibility index (Phi) is 3.75. The molecule has 0 saturated heterocycles. The van der Waals surface area contributed by atoms with Gasteiger partial charge in [0, 0.05) is 0 Å². The molecule has 0 unspecified atom stereocenters. The Balaban J connectivity index is 2.74. The van der Waals surface area contributed by atoms with Gasteiger partial charge in [0.15, 0.2) is 0 Å². The standard InChI is InChI=1S/C7H9BrF2N4O/c8-4-5(13-3-14-6(4)15)12-2-7(9,10)1-11/h3H,1-2,11H2,(H2,12,13,14,15). The maximum absolute atomic E-state index is 12.8. The van der Waals surface area contributed by atoms with E-state index >= 15 is 0 Å². The van der Waals surface area contributed by atoms with E-state index in [1.165, 1.54) is 0 Å². The van der Waals surface area contributed by atoms with Gasteiger partial charge in [0.25, 0.3) is 11.5 Å². The van der Waals surface area contributed by atoms with Gasteiger partial charge in [0.1, 0.15) is 10.3 Å². The van der Waals surface area contributed by atoms with E-state index in [-0.39, 0.29) is 10.3 Å². The van der Waals surface area contributed by atoms with Crippen LogP contribution in [-0.4, -0.2) is 29.0 Å². The number of hydrogen-bond acceptors (Lipinski definition) is 4. The van der Waals surface area contributed by atoms with Crippen molar-refractivity contribution < 1.29 is 8.78 Å². The Labute approximate surface area is 92.2 Å². The van der Waals surface area contributed by atoms with E-state index in [4.69, 9.17) is 5.73 Å². The highest BCUT2D eigenvalue weighted by atomic mass is 79.9. The maximum atomic E-state index is 12.8. The van der Waals surface area contributed by atoms with E-state index in [0.29, 0.717) is 0 Å². The predicted molar refractivity (Wildman–Crippen MR) is 55.0 cm³/mol. The second-order valence-electron chi connectivity index (χ2n) is 2.81. The van der Waals surface area contributed by atoms with Crippen molar-refractivity contribution in [1.82, 2.24) is 9.97 Å². The zero-order valence-electron chi connectivity index (χ0n) is 7.56. The molecule has 8 heteroatoms. The smallest absolute Gasteiger partial charge is 0.276 e. The first-order valence-corrected chi connectivity index (χ1v) is 4.80. The van der Waals surface area contributed by atoms with E-state index in [0.717, 1.165) is 6.33 Å². The molecule has 1 heterocycles. The number of H-pyrrole nitrogens is 1. The minimum absolute atomic E-state index is 0.0619. The second kappa shape index (κ2) is 4.67. The molecule has 1 aromatic rings. The highest BCUT2D eigenvalue weighted by molar-refractivity contribution is 9.10. The summed E-state index contributed by atoms with van der Waals surface area (Å²) >= 11 is 2.92. The van der Waals surface area contributed by atoms with E-state index in [1.807, 2.05) is 0 Å². The molecule has 0 fully saturated rings. The number of nitrogens with zero attached hydrogens (tertiary/aromatic N) is 1. The number of hydrogen-bond donors (Lipinski definition) is 3. The summed E-state index contributed by atoms with van der Waals surface area (Å²) in [5.74, 6) is -2.96. The third-order valence-corrected chi connectivity index (χ3v) is 2.35. The lowest BCUT2D eigenvalue weighted by Gasteiger charge is -2.15. The zero-order valence-corrected chi connectivity index (χ0v) is 9.14. The third-order valence-electron chi connectivity index (χ3n) is 1.61. The maximum Gasteiger partial charge on any atom is 0.276 e. The van der Waals surface area contributed by atoms with Crippen LogP contribution in [0.4, 0.5) is 14.6 Å².